The summed E-state index contributed by atoms with van der Waals surface area (Å²) in [5, 5.41) is 15.0. The maximum Gasteiger partial charge on any atom is 0.325 e. The molecule has 182 valence electrons. The average Bonchev–Trinajstić information content (AvgIpc) is 3.42. The van der Waals surface area contributed by atoms with Crippen molar-refractivity contribution in [2.24, 2.45) is 11.8 Å². The van der Waals surface area contributed by atoms with Crippen molar-refractivity contribution in [2.45, 2.75) is 58.2 Å². The maximum absolute atomic E-state index is 13.9. The Morgan fingerprint density at radius 2 is 1.80 bits per heavy atom. The number of hydrogen-bond acceptors (Lipinski definition) is 4. The molecule has 4 atom stereocenters. The maximum atomic E-state index is 13.9. The molecule has 5 rings (SSSR count). The van der Waals surface area contributed by atoms with Crippen molar-refractivity contribution in [3.05, 3.63) is 70.9 Å². The van der Waals surface area contributed by atoms with Crippen LogP contribution in [0.3, 0.4) is 0 Å². The van der Waals surface area contributed by atoms with Crippen LogP contribution >= 0.6 is 0 Å². The van der Waals surface area contributed by atoms with Crippen molar-refractivity contribution < 1.29 is 19.5 Å². The van der Waals surface area contributed by atoms with Gasteiger partial charge in [-0.25, -0.2) is 0 Å². The molecule has 2 aliphatic rings. The van der Waals surface area contributed by atoms with Crippen LogP contribution in [0.1, 0.15) is 49.1 Å². The smallest absolute Gasteiger partial charge is 0.325 e. The number of carbonyl (C=O) groups excluding carboxylic acids is 2. The highest BCUT2D eigenvalue weighted by Crippen LogP contribution is 2.52. The summed E-state index contributed by atoms with van der Waals surface area (Å²) in [6, 6.07) is 13.1. The first-order valence-electron chi connectivity index (χ1n) is 12.0. The standard InChI is InChI=1S/C28H31N3O4/c1-15-10-11-16(2)19(12-15)23-21-22(25(33)31(24(21)32)27(3,4)5)28(30-23,26(34)35)13-17-14-29-20-9-7-6-8-18(17)20/h6-12,14,21-23,29-30H,13H2,1-5H3,(H,34,35). The van der Waals surface area contributed by atoms with Crippen LogP contribution < -0.4 is 5.32 Å². The summed E-state index contributed by atoms with van der Waals surface area (Å²) in [6.07, 6.45) is 1.88. The van der Waals surface area contributed by atoms with E-state index in [0.717, 1.165) is 33.2 Å². The van der Waals surface area contributed by atoms with Crippen molar-refractivity contribution in [2.75, 3.05) is 0 Å². The van der Waals surface area contributed by atoms with E-state index in [2.05, 4.69) is 10.3 Å². The normalized spacial score (nSPS) is 26.5. The van der Waals surface area contributed by atoms with Crippen molar-refractivity contribution in [1.29, 1.82) is 0 Å². The number of nitrogens with one attached hydrogen (secondary N) is 2. The number of carboxylic acids is 1. The van der Waals surface area contributed by atoms with Crippen LogP contribution in [-0.4, -0.2) is 43.9 Å². The highest BCUT2D eigenvalue weighted by Gasteiger charge is 2.69. The number of benzene rings is 2. The van der Waals surface area contributed by atoms with E-state index in [9.17, 15) is 19.5 Å². The molecule has 0 bridgehead atoms. The van der Waals surface area contributed by atoms with E-state index in [1.54, 1.807) is 6.20 Å². The van der Waals surface area contributed by atoms with Gasteiger partial charge in [-0.3, -0.25) is 24.6 Å². The van der Waals surface area contributed by atoms with E-state index < -0.39 is 40.8 Å². The van der Waals surface area contributed by atoms with Gasteiger partial charge in [0.1, 0.15) is 5.54 Å². The summed E-state index contributed by atoms with van der Waals surface area (Å²) in [5.41, 5.74) is 2.13. The van der Waals surface area contributed by atoms with E-state index in [0.29, 0.717) is 0 Å². The highest BCUT2D eigenvalue weighted by molar-refractivity contribution is 6.10. The van der Waals surface area contributed by atoms with Crippen molar-refractivity contribution in [3.63, 3.8) is 0 Å². The van der Waals surface area contributed by atoms with Gasteiger partial charge in [0.2, 0.25) is 11.8 Å². The molecule has 3 aromatic rings. The number of fused-ring (bicyclic) bond motifs is 2. The van der Waals surface area contributed by atoms with E-state index in [-0.39, 0.29) is 12.3 Å². The number of aromatic amines is 1. The Labute approximate surface area is 204 Å². The molecular weight excluding hydrogens is 442 g/mol. The zero-order chi connectivity index (χ0) is 25.3. The molecule has 2 aliphatic heterocycles. The summed E-state index contributed by atoms with van der Waals surface area (Å²) in [7, 11) is 0. The number of carboxylic acid groups (broad SMARTS) is 1. The van der Waals surface area contributed by atoms with E-state index >= 15 is 0 Å². The fourth-order valence-electron chi connectivity index (χ4n) is 6.04. The molecule has 0 aliphatic carbocycles. The Kier molecular flexibility index (Phi) is 5.18. The zero-order valence-electron chi connectivity index (χ0n) is 20.7. The van der Waals surface area contributed by atoms with Crippen molar-refractivity contribution in [1.82, 2.24) is 15.2 Å². The Morgan fingerprint density at radius 3 is 2.49 bits per heavy atom. The number of rotatable bonds is 4. The Hall–Kier alpha value is -3.45. The number of H-pyrrole nitrogens is 1. The zero-order valence-corrected chi connectivity index (χ0v) is 20.7. The minimum atomic E-state index is -1.64. The second kappa shape index (κ2) is 7.78. The van der Waals surface area contributed by atoms with E-state index in [1.165, 1.54) is 4.90 Å². The van der Waals surface area contributed by atoms with Crippen LogP contribution in [0.25, 0.3) is 10.9 Å². The predicted octanol–water partition coefficient (Wildman–Crippen LogP) is 3.89. The van der Waals surface area contributed by atoms with Crippen LogP contribution in [0.15, 0.2) is 48.7 Å². The molecule has 2 amide bonds. The fourth-order valence-corrected chi connectivity index (χ4v) is 6.04. The van der Waals surface area contributed by atoms with Gasteiger partial charge < -0.3 is 10.1 Å². The quantitative estimate of drug-likeness (QED) is 0.499. The third kappa shape index (κ3) is 3.40. The summed E-state index contributed by atoms with van der Waals surface area (Å²) in [5.74, 6) is -3.68. The molecule has 0 saturated carbocycles. The highest BCUT2D eigenvalue weighted by atomic mass is 16.4. The Morgan fingerprint density at radius 1 is 1.09 bits per heavy atom. The number of para-hydroxylation sites is 1. The van der Waals surface area contributed by atoms with Gasteiger partial charge in [0, 0.05) is 35.1 Å². The van der Waals surface area contributed by atoms with Crippen LogP contribution in [0.4, 0.5) is 0 Å². The van der Waals surface area contributed by atoms with E-state index in [4.69, 9.17) is 0 Å². The summed E-state index contributed by atoms with van der Waals surface area (Å²) >= 11 is 0. The molecule has 1 aromatic heterocycles. The Balaban J connectivity index is 1.71. The minimum Gasteiger partial charge on any atom is -0.480 e. The topological polar surface area (TPSA) is 102 Å². The van der Waals surface area contributed by atoms with Gasteiger partial charge in [-0.05, 0) is 57.4 Å². The number of aryl methyl sites for hydroxylation is 2. The molecule has 0 radical (unpaired) electrons. The lowest BCUT2D eigenvalue weighted by molar-refractivity contribution is -0.153. The monoisotopic (exact) mass is 473 g/mol. The number of carbonyl (C=O) groups is 3. The number of amides is 2. The molecule has 2 fully saturated rings. The molecular formula is C28H31N3O4. The molecule has 3 N–H and O–H groups in total. The fraction of sp³-hybridized carbons (Fsp3) is 0.393. The molecule has 3 heterocycles. The summed E-state index contributed by atoms with van der Waals surface area (Å²) < 4.78 is 0. The lowest BCUT2D eigenvalue weighted by Crippen LogP contribution is -2.58. The van der Waals surface area contributed by atoms with Crippen molar-refractivity contribution >= 4 is 28.7 Å². The predicted molar refractivity (Wildman–Crippen MR) is 133 cm³/mol. The third-order valence-electron chi connectivity index (χ3n) is 7.62. The third-order valence-corrected chi connectivity index (χ3v) is 7.62. The van der Waals surface area contributed by atoms with Gasteiger partial charge >= 0.3 is 5.97 Å². The molecule has 35 heavy (non-hydrogen) atoms. The first kappa shape index (κ1) is 23.3. The van der Waals surface area contributed by atoms with Gasteiger partial charge in [-0.1, -0.05) is 42.0 Å². The number of aromatic nitrogens is 1. The summed E-state index contributed by atoms with van der Waals surface area (Å²) in [4.78, 5) is 45.3. The van der Waals surface area contributed by atoms with Crippen LogP contribution in [0, 0.1) is 25.7 Å². The molecule has 7 nitrogen and oxygen atoms in total. The van der Waals surface area contributed by atoms with Crippen LogP contribution in [0.5, 0.6) is 0 Å². The van der Waals surface area contributed by atoms with E-state index in [1.807, 2.05) is 77.1 Å². The van der Waals surface area contributed by atoms with Crippen molar-refractivity contribution in [3.8, 4) is 0 Å². The number of likely N-dealkylation sites (tertiary alicyclic amines) is 1. The molecule has 2 aromatic carbocycles. The molecule has 2 saturated heterocycles. The van der Waals surface area contributed by atoms with Gasteiger partial charge in [0.15, 0.2) is 0 Å². The molecule has 7 heteroatoms. The van der Waals surface area contributed by atoms with Crippen LogP contribution in [0.2, 0.25) is 0 Å². The van der Waals surface area contributed by atoms with Crippen LogP contribution in [-0.2, 0) is 20.8 Å². The Bertz CT molecular complexity index is 1370. The second-order valence-electron chi connectivity index (χ2n) is 11.0. The number of hydrogen-bond donors (Lipinski definition) is 3. The lowest BCUT2D eigenvalue weighted by Gasteiger charge is -2.35. The first-order chi connectivity index (χ1) is 16.5. The van der Waals surface area contributed by atoms with Gasteiger partial charge in [0.25, 0.3) is 0 Å². The van der Waals surface area contributed by atoms with Gasteiger partial charge in [0.05, 0.1) is 11.8 Å². The van der Waals surface area contributed by atoms with Gasteiger partial charge in [-0.15, -0.1) is 0 Å². The SMILES string of the molecule is Cc1ccc(C)c(C2NC(Cc3c[nH]c4ccccc34)(C(=O)O)C3C(=O)N(C(C)(C)C)C(=O)C23)c1. The number of nitrogens with zero attached hydrogens (tertiary/aromatic N) is 1. The second-order valence-corrected chi connectivity index (χ2v) is 11.0. The molecule has 0 spiro atoms. The first-order valence-corrected chi connectivity index (χ1v) is 12.0. The largest absolute Gasteiger partial charge is 0.480 e. The minimum absolute atomic E-state index is 0.0753. The average molecular weight is 474 g/mol. The molecule has 4 unspecified atom stereocenters. The summed E-state index contributed by atoms with van der Waals surface area (Å²) in [6.45, 7) is 9.36. The van der Waals surface area contributed by atoms with Gasteiger partial charge in [-0.2, -0.15) is 0 Å². The number of imide groups is 1. The lowest BCUT2D eigenvalue weighted by atomic mass is 9.76. The number of aliphatic carboxylic acids is 1.